The number of hydrogen-bond donors (Lipinski definition) is 1. The second-order valence-corrected chi connectivity index (χ2v) is 4.18. The molecule has 0 aromatic carbocycles. The van der Waals surface area contributed by atoms with Crippen molar-refractivity contribution >= 4 is 11.3 Å². The van der Waals surface area contributed by atoms with Gasteiger partial charge in [0.05, 0.1) is 4.88 Å². The molecule has 0 spiro atoms. The second-order valence-electron chi connectivity index (χ2n) is 3.01. The molecule has 4 heteroatoms. The number of thiophene rings is 1. The molecule has 0 aliphatic heterocycles. The van der Waals surface area contributed by atoms with E-state index in [0.717, 1.165) is 12.4 Å². The Labute approximate surface area is 87.2 Å². The van der Waals surface area contributed by atoms with Crippen molar-refractivity contribution in [1.82, 2.24) is 9.55 Å². The average Bonchev–Trinajstić information content (AvgIpc) is 2.85. The maximum Gasteiger partial charge on any atom is 0.149 e. The lowest BCUT2D eigenvalue weighted by Crippen LogP contribution is -1.94. The first-order valence-corrected chi connectivity index (χ1v) is 5.47. The third-order valence-corrected chi connectivity index (χ3v) is 3.24. The molecule has 2 aromatic heterocycles. The molecule has 0 saturated heterocycles. The average molecular weight is 207 g/mol. The lowest BCUT2D eigenvalue weighted by molar-refractivity contribution is 0.772. The first-order chi connectivity index (χ1) is 6.85. The Morgan fingerprint density at radius 3 is 3.00 bits per heavy atom. The van der Waals surface area contributed by atoms with Crippen LogP contribution >= 0.6 is 11.3 Å². The van der Waals surface area contributed by atoms with Crippen molar-refractivity contribution in [3.8, 4) is 10.7 Å². The molecule has 0 fully saturated rings. The number of imidazole rings is 1. The SMILES string of the molecule is CCn1ccnc1-c1ccc(CN)s1. The van der Waals surface area contributed by atoms with E-state index in [9.17, 15) is 0 Å². The normalized spacial score (nSPS) is 10.7. The van der Waals surface area contributed by atoms with Gasteiger partial charge in [0.25, 0.3) is 0 Å². The zero-order chi connectivity index (χ0) is 9.97. The molecule has 0 unspecified atom stereocenters. The standard InChI is InChI=1S/C10H13N3S/c1-2-13-6-5-12-10(13)9-4-3-8(7-11)14-9/h3-6H,2,7,11H2,1H3. The van der Waals surface area contributed by atoms with Gasteiger partial charge < -0.3 is 10.3 Å². The molecule has 2 aromatic rings. The zero-order valence-corrected chi connectivity index (χ0v) is 8.92. The molecule has 0 aliphatic carbocycles. The van der Waals surface area contributed by atoms with E-state index in [1.54, 1.807) is 11.3 Å². The fourth-order valence-corrected chi connectivity index (χ4v) is 2.30. The van der Waals surface area contributed by atoms with Crippen molar-refractivity contribution in [3.63, 3.8) is 0 Å². The number of nitrogens with two attached hydrogens (primary N) is 1. The van der Waals surface area contributed by atoms with E-state index in [1.807, 2.05) is 12.4 Å². The van der Waals surface area contributed by atoms with Crippen LogP contribution in [0.4, 0.5) is 0 Å². The van der Waals surface area contributed by atoms with Crippen LogP contribution < -0.4 is 5.73 Å². The summed E-state index contributed by atoms with van der Waals surface area (Å²) < 4.78 is 2.13. The molecule has 0 atom stereocenters. The summed E-state index contributed by atoms with van der Waals surface area (Å²) in [4.78, 5) is 6.73. The highest BCUT2D eigenvalue weighted by Gasteiger charge is 2.06. The van der Waals surface area contributed by atoms with Gasteiger partial charge in [0.15, 0.2) is 0 Å². The molecular weight excluding hydrogens is 194 g/mol. The highest BCUT2D eigenvalue weighted by molar-refractivity contribution is 7.15. The van der Waals surface area contributed by atoms with Gasteiger partial charge in [0, 0.05) is 30.4 Å². The van der Waals surface area contributed by atoms with Crippen molar-refractivity contribution in [2.45, 2.75) is 20.0 Å². The lowest BCUT2D eigenvalue weighted by atomic mass is 10.4. The van der Waals surface area contributed by atoms with E-state index < -0.39 is 0 Å². The van der Waals surface area contributed by atoms with Gasteiger partial charge in [-0.05, 0) is 19.1 Å². The molecule has 2 rings (SSSR count). The molecule has 14 heavy (non-hydrogen) atoms. The van der Waals surface area contributed by atoms with Gasteiger partial charge in [-0.1, -0.05) is 0 Å². The van der Waals surface area contributed by atoms with Crippen LogP contribution in [0.15, 0.2) is 24.5 Å². The molecule has 0 amide bonds. The van der Waals surface area contributed by atoms with Crippen LogP contribution in [0, 0.1) is 0 Å². The minimum Gasteiger partial charge on any atom is -0.331 e. The zero-order valence-electron chi connectivity index (χ0n) is 8.10. The van der Waals surface area contributed by atoms with Crippen LogP contribution in [0.2, 0.25) is 0 Å². The van der Waals surface area contributed by atoms with E-state index in [0.29, 0.717) is 6.54 Å². The molecule has 2 heterocycles. The summed E-state index contributed by atoms with van der Waals surface area (Å²) in [6.45, 7) is 3.67. The van der Waals surface area contributed by atoms with E-state index in [1.165, 1.54) is 9.75 Å². The Balaban J connectivity index is 2.38. The molecule has 0 bridgehead atoms. The van der Waals surface area contributed by atoms with Crippen molar-refractivity contribution in [2.24, 2.45) is 5.73 Å². The summed E-state index contributed by atoms with van der Waals surface area (Å²) >= 11 is 1.71. The number of rotatable bonds is 3. The number of nitrogens with zero attached hydrogens (tertiary/aromatic N) is 2. The first kappa shape index (κ1) is 9.43. The summed E-state index contributed by atoms with van der Waals surface area (Å²) in [6, 6.07) is 4.15. The molecular formula is C10H13N3S. The van der Waals surface area contributed by atoms with Gasteiger partial charge in [0.1, 0.15) is 5.82 Å². The van der Waals surface area contributed by atoms with E-state index >= 15 is 0 Å². The Hall–Kier alpha value is -1.13. The van der Waals surface area contributed by atoms with Gasteiger partial charge in [-0.25, -0.2) is 4.98 Å². The van der Waals surface area contributed by atoms with Gasteiger partial charge >= 0.3 is 0 Å². The topological polar surface area (TPSA) is 43.8 Å². The Morgan fingerprint density at radius 1 is 1.50 bits per heavy atom. The molecule has 74 valence electrons. The van der Waals surface area contributed by atoms with Crippen molar-refractivity contribution in [2.75, 3.05) is 0 Å². The summed E-state index contributed by atoms with van der Waals surface area (Å²) in [7, 11) is 0. The fraction of sp³-hybridized carbons (Fsp3) is 0.300. The van der Waals surface area contributed by atoms with Crippen LogP contribution in [0.1, 0.15) is 11.8 Å². The smallest absolute Gasteiger partial charge is 0.149 e. The maximum absolute atomic E-state index is 5.57. The van der Waals surface area contributed by atoms with E-state index in [-0.39, 0.29) is 0 Å². The predicted octanol–water partition coefficient (Wildman–Crippen LogP) is 2.09. The predicted molar refractivity (Wildman–Crippen MR) is 59.1 cm³/mol. The lowest BCUT2D eigenvalue weighted by Gasteiger charge is -2.00. The number of aryl methyl sites for hydroxylation is 1. The highest BCUT2D eigenvalue weighted by Crippen LogP contribution is 2.26. The number of aromatic nitrogens is 2. The van der Waals surface area contributed by atoms with E-state index in [2.05, 4.69) is 28.6 Å². The fourth-order valence-electron chi connectivity index (χ4n) is 1.40. The number of hydrogen-bond acceptors (Lipinski definition) is 3. The van der Waals surface area contributed by atoms with Crippen LogP contribution in [-0.4, -0.2) is 9.55 Å². The highest BCUT2D eigenvalue weighted by atomic mass is 32.1. The summed E-state index contributed by atoms with van der Waals surface area (Å²) in [5.74, 6) is 1.04. The molecule has 2 N–H and O–H groups in total. The summed E-state index contributed by atoms with van der Waals surface area (Å²) in [5.41, 5.74) is 5.57. The molecule has 0 aliphatic rings. The van der Waals surface area contributed by atoms with Crippen molar-refractivity contribution in [3.05, 3.63) is 29.4 Å². The van der Waals surface area contributed by atoms with Gasteiger partial charge in [0.2, 0.25) is 0 Å². The minimum absolute atomic E-state index is 0.609. The van der Waals surface area contributed by atoms with Crippen molar-refractivity contribution < 1.29 is 0 Å². The van der Waals surface area contributed by atoms with E-state index in [4.69, 9.17) is 5.73 Å². The second kappa shape index (κ2) is 3.94. The Kier molecular flexibility index (Phi) is 2.65. The summed E-state index contributed by atoms with van der Waals surface area (Å²) in [5, 5.41) is 0. The minimum atomic E-state index is 0.609. The quantitative estimate of drug-likeness (QED) is 0.837. The third-order valence-electron chi connectivity index (χ3n) is 2.14. The molecule has 0 radical (unpaired) electrons. The van der Waals surface area contributed by atoms with Crippen LogP contribution in [-0.2, 0) is 13.1 Å². The van der Waals surface area contributed by atoms with Crippen LogP contribution in [0.3, 0.4) is 0 Å². The largest absolute Gasteiger partial charge is 0.331 e. The monoisotopic (exact) mass is 207 g/mol. The van der Waals surface area contributed by atoms with Crippen molar-refractivity contribution in [1.29, 1.82) is 0 Å². The van der Waals surface area contributed by atoms with Gasteiger partial charge in [-0.3, -0.25) is 0 Å². The Bertz CT molecular complexity index is 416. The molecule has 3 nitrogen and oxygen atoms in total. The van der Waals surface area contributed by atoms with Crippen LogP contribution in [0.25, 0.3) is 10.7 Å². The van der Waals surface area contributed by atoms with Crippen LogP contribution in [0.5, 0.6) is 0 Å². The maximum atomic E-state index is 5.57. The first-order valence-electron chi connectivity index (χ1n) is 4.65. The summed E-state index contributed by atoms with van der Waals surface area (Å²) in [6.07, 6.45) is 3.83. The third kappa shape index (κ3) is 1.58. The van der Waals surface area contributed by atoms with Gasteiger partial charge in [-0.2, -0.15) is 0 Å². The molecule has 0 saturated carbocycles. The van der Waals surface area contributed by atoms with Gasteiger partial charge in [-0.15, -0.1) is 11.3 Å². The Morgan fingerprint density at radius 2 is 2.36 bits per heavy atom.